The lowest BCUT2D eigenvalue weighted by Crippen LogP contribution is -2.37. The summed E-state index contributed by atoms with van der Waals surface area (Å²) in [5.41, 5.74) is -0.233. The van der Waals surface area contributed by atoms with Gasteiger partial charge in [0.05, 0.1) is 10.8 Å². The topological polar surface area (TPSA) is 98.5 Å². The molecule has 8 nitrogen and oxygen atoms in total. The molecule has 9 heteroatoms. The Bertz CT molecular complexity index is 617. The lowest BCUT2D eigenvalue weighted by Gasteiger charge is -2.28. The molecule has 0 atom stereocenters. The van der Waals surface area contributed by atoms with E-state index >= 15 is 0 Å². The lowest BCUT2D eigenvalue weighted by molar-refractivity contribution is -0.384. The maximum Gasteiger partial charge on any atom is 0.329 e. The van der Waals surface area contributed by atoms with Gasteiger partial charge in [-0.1, -0.05) is 12.8 Å². The Balaban J connectivity index is 1.85. The number of nitrogens with zero attached hydrogens (tertiary/aromatic N) is 4. The standard InChI is InChI=1S/C14H17ClN4O4/c15-14-16-7-11(19(21)22)12(17-14)18(10-3-1-2-4-10)8-23-13(20)9-5-6-9/h7,9-10H,1-6,8H2. The molecule has 2 aliphatic rings. The SMILES string of the molecule is O=C(OCN(c1nc(Cl)ncc1[N+](=O)[O-])C1CCCC1)C1CC1. The molecule has 0 unspecified atom stereocenters. The molecule has 0 saturated heterocycles. The highest BCUT2D eigenvalue weighted by atomic mass is 35.5. The molecule has 1 aromatic heterocycles. The first kappa shape index (κ1) is 15.9. The van der Waals surface area contributed by atoms with Crippen LogP contribution in [-0.4, -0.2) is 33.6 Å². The lowest BCUT2D eigenvalue weighted by atomic mass is 10.2. The number of esters is 1. The van der Waals surface area contributed by atoms with Crippen LogP contribution in [0.1, 0.15) is 38.5 Å². The number of halogens is 1. The van der Waals surface area contributed by atoms with Crippen LogP contribution < -0.4 is 4.90 Å². The third-order valence-electron chi connectivity index (χ3n) is 4.21. The van der Waals surface area contributed by atoms with Gasteiger partial charge in [-0.2, -0.15) is 4.98 Å². The molecule has 124 valence electrons. The number of carbonyl (C=O) groups is 1. The van der Waals surface area contributed by atoms with Crippen molar-refractivity contribution in [3.8, 4) is 0 Å². The van der Waals surface area contributed by atoms with Crippen molar-refractivity contribution in [2.75, 3.05) is 11.6 Å². The van der Waals surface area contributed by atoms with Gasteiger partial charge in [0.15, 0.2) is 6.73 Å². The summed E-state index contributed by atoms with van der Waals surface area (Å²) in [7, 11) is 0. The predicted molar refractivity (Wildman–Crippen MR) is 82.1 cm³/mol. The first-order valence-corrected chi connectivity index (χ1v) is 8.04. The highest BCUT2D eigenvalue weighted by Crippen LogP contribution is 2.34. The van der Waals surface area contributed by atoms with E-state index in [0.717, 1.165) is 44.7 Å². The van der Waals surface area contributed by atoms with Crippen LogP contribution in [-0.2, 0) is 9.53 Å². The molecule has 0 radical (unpaired) electrons. The zero-order valence-corrected chi connectivity index (χ0v) is 13.2. The van der Waals surface area contributed by atoms with Crippen molar-refractivity contribution in [3.05, 3.63) is 21.6 Å². The highest BCUT2D eigenvalue weighted by molar-refractivity contribution is 6.28. The van der Waals surface area contributed by atoms with Crippen LogP contribution in [0.4, 0.5) is 11.5 Å². The van der Waals surface area contributed by atoms with E-state index in [1.165, 1.54) is 0 Å². The van der Waals surface area contributed by atoms with Crippen LogP contribution >= 0.6 is 11.6 Å². The van der Waals surface area contributed by atoms with Gasteiger partial charge in [-0.05, 0) is 37.3 Å². The summed E-state index contributed by atoms with van der Waals surface area (Å²) in [6, 6.07) is 0.0478. The second kappa shape index (κ2) is 6.66. The number of ether oxygens (including phenoxy) is 1. The van der Waals surface area contributed by atoms with Crippen LogP contribution in [0.5, 0.6) is 0 Å². The number of aromatic nitrogens is 2. The van der Waals surface area contributed by atoms with Gasteiger partial charge in [-0.25, -0.2) is 4.98 Å². The van der Waals surface area contributed by atoms with Gasteiger partial charge < -0.3 is 9.64 Å². The van der Waals surface area contributed by atoms with Gasteiger partial charge in [-0.3, -0.25) is 14.9 Å². The molecule has 0 bridgehead atoms. The van der Waals surface area contributed by atoms with Crippen molar-refractivity contribution in [2.24, 2.45) is 5.92 Å². The first-order chi connectivity index (χ1) is 11.1. The number of carbonyl (C=O) groups excluding carboxylic acids is 1. The van der Waals surface area contributed by atoms with Gasteiger partial charge in [0, 0.05) is 6.04 Å². The average Bonchev–Trinajstić information content (AvgIpc) is 3.24. The molecular weight excluding hydrogens is 324 g/mol. The zero-order chi connectivity index (χ0) is 16.4. The molecule has 0 amide bonds. The van der Waals surface area contributed by atoms with Crippen molar-refractivity contribution in [1.29, 1.82) is 0 Å². The highest BCUT2D eigenvalue weighted by Gasteiger charge is 2.34. The Morgan fingerprint density at radius 3 is 2.70 bits per heavy atom. The Morgan fingerprint density at radius 1 is 1.39 bits per heavy atom. The summed E-state index contributed by atoms with van der Waals surface area (Å²) in [5.74, 6) is -0.161. The molecule has 3 rings (SSSR count). The van der Waals surface area contributed by atoms with E-state index in [2.05, 4.69) is 9.97 Å². The van der Waals surface area contributed by atoms with E-state index in [-0.39, 0.29) is 41.4 Å². The van der Waals surface area contributed by atoms with E-state index in [4.69, 9.17) is 16.3 Å². The van der Waals surface area contributed by atoms with Crippen molar-refractivity contribution in [1.82, 2.24) is 9.97 Å². The molecule has 1 heterocycles. The van der Waals surface area contributed by atoms with E-state index in [1.807, 2.05) is 0 Å². The molecule has 2 fully saturated rings. The first-order valence-electron chi connectivity index (χ1n) is 7.66. The van der Waals surface area contributed by atoms with Gasteiger partial charge in [-0.15, -0.1) is 0 Å². The summed E-state index contributed by atoms with van der Waals surface area (Å²) >= 11 is 5.82. The number of nitro groups is 1. The van der Waals surface area contributed by atoms with Crippen molar-refractivity contribution in [2.45, 2.75) is 44.6 Å². The number of rotatable bonds is 6. The van der Waals surface area contributed by atoms with Crippen molar-refractivity contribution in [3.63, 3.8) is 0 Å². The van der Waals surface area contributed by atoms with Crippen molar-refractivity contribution < 1.29 is 14.5 Å². The minimum absolute atomic E-state index is 0.0237. The van der Waals surface area contributed by atoms with E-state index in [9.17, 15) is 14.9 Å². The van der Waals surface area contributed by atoms with E-state index in [0.29, 0.717) is 0 Å². The number of hydrogen-bond acceptors (Lipinski definition) is 7. The zero-order valence-electron chi connectivity index (χ0n) is 12.5. The summed E-state index contributed by atoms with van der Waals surface area (Å²) in [4.78, 5) is 31.9. The Morgan fingerprint density at radius 2 is 2.09 bits per heavy atom. The quantitative estimate of drug-likeness (QED) is 0.258. The summed E-state index contributed by atoms with van der Waals surface area (Å²) in [6.45, 7) is -0.0474. The summed E-state index contributed by atoms with van der Waals surface area (Å²) in [5, 5.41) is 11.2. The molecule has 2 saturated carbocycles. The number of hydrogen-bond donors (Lipinski definition) is 0. The predicted octanol–water partition coefficient (Wildman–Crippen LogP) is 2.70. The summed E-state index contributed by atoms with van der Waals surface area (Å²) in [6.07, 6.45) is 6.60. The third kappa shape index (κ3) is 3.69. The van der Waals surface area contributed by atoms with Gasteiger partial charge in [0.1, 0.15) is 6.20 Å². The second-order valence-corrected chi connectivity index (χ2v) is 6.22. The maximum atomic E-state index is 11.8. The van der Waals surface area contributed by atoms with Gasteiger partial charge in [0.2, 0.25) is 11.1 Å². The minimum atomic E-state index is -0.545. The Hall–Kier alpha value is -1.96. The fourth-order valence-corrected chi connectivity index (χ4v) is 2.94. The fraction of sp³-hybridized carbons (Fsp3) is 0.643. The molecule has 0 aliphatic heterocycles. The molecular formula is C14H17ClN4O4. The van der Waals surface area contributed by atoms with Crippen LogP contribution in [0.3, 0.4) is 0 Å². The van der Waals surface area contributed by atoms with Gasteiger partial charge >= 0.3 is 11.7 Å². The second-order valence-electron chi connectivity index (χ2n) is 5.88. The molecule has 0 aromatic carbocycles. The van der Waals surface area contributed by atoms with Crippen LogP contribution in [0.25, 0.3) is 0 Å². The summed E-state index contributed by atoms with van der Waals surface area (Å²) < 4.78 is 5.33. The van der Waals surface area contributed by atoms with Crippen LogP contribution in [0.15, 0.2) is 6.20 Å². The van der Waals surface area contributed by atoms with Crippen LogP contribution in [0.2, 0.25) is 5.28 Å². The average molecular weight is 341 g/mol. The smallest absolute Gasteiger partial charge is 0.329 e. The third-order valence-corrected chi connectivity index (χ3v) is 4.39. The monoisotopic (exact) mass is 340 g/mol. The molecule has 0 N–H and O–H groups in total. The number of anilines is 1. The van der Waals surface area contributed by atoms with E-state index < -0.39 is 4.92 Å². The fourth-order valence-electron chi connectivity index (χ4n) is 2.81. The van der Waals surface area contributed by atoms with E-state index in [1.54, 1.807) is 4.90 Å². The Labute approximate surface area is 137 Å². The molecule has 0 spiro atoms. The minimum Gasteiger partial charge on any atom is -0.444 e. The Kier molecular flexibility index (Phi) is 4.61. The normalized spacial score (nSPS) is 18.0. The van der Waals surface area contributed by atoms with Gasteiger partial charge in [0.25, 0.3) is 0 Å². The van der Waals surface area contributed by atoms with Crippen molar-refractivity contribution >= 4 is 29.1 Å². The van der Waals surface area contributed by atoms with Crippen LogP contribution in [0, 0.1) is 16.0 Å². The molecule has 1 aromatic rings. The largest absolute Gasteiger partial charge is 0.444 e. The maximum absolute atomic E-state index is 11.8. The molecule has 23 heavy (non-hydrogen) atoms. The molecule has 2 aliphatic carbocycles.